The highest BCUT2D eigenvalue weighted by Crippen LogP contribution is 2.19. The molecule has 3 N–H and O–H groups in total. The third-order valence-corrected chi connectivity index (χ3v) is 6.13. The van der Waals surface area contributed by atoms with Crippen molar-refractivity contribution in [2.24, 2.45) is 0 Å². The molecule has 0 fully saturated rings. The minimum atomic E-state index is -0.344. The Morgan fingerprint density at radius 3 is 1.97 bits per heavy atom. The van der Waals surface area contributed by atoms with Gasteiger partial charge in [-0.25, -0.2) is 4.79 Å². The molecule has 7 nitrogen and oxygen atoms in total. The van der Waals surface area contributed by atoms with Crippen LogP contribution in [0, 0.1) is 6.92 Å². The highest BCUT2D eigenvalue weighted by atomic mass is 16.2. The number of fused-ring (bicyclic) bond motifs is 2. The second-order valence-electron chi connectivity index (χ2n) is 8.88. The van der Waals surface area contributed by atoms with Gasteiger partial charge >= 0.3 is 6.03 Å². The van der Waals surface area contributed by atoms with Gasteiger partial charge in [0, 0.05) is 28.7 Å². The summed E-state index contributed by atoms with van der Waals surface area (Å²) < 4.78 is 1.87. The van der Waals surface area contributed by atoms with Crippen LogP contribution in [0.2, 0.25) is 0 Å². The van der Waals surface area contributed by atoms with Crippen LogP contribution in [0.5, 0.6) is 0 Å². The predicted octanol–water partition coefficient (Wildman–Crippen LogP) is 5.42. The number of pyridine rings is 1. The van der Waals surface area contributed by atoms with Crippen LogP contribution in [0.15, 0.2) is 102 Å². The first-order chi connectivity index (χ1) is 18.0. The molecule has 0 spiro atoms. The molecular formula is C30H26N4O3. The molecule has 3 amide bonds. The molecule has 5 rings (SSSR count). The van der Waals surface area contributed by atoms with Crippen molar-refractivity contribution < 1.29 is 9.59 Å². The zero-order valence-corrected chi connectivity index (χ0v) is 20.3. The fraction of sp³-hybridized carbons (Fsp3) is 0.100. The van der Waals surface area contributed by atoms with E-state index in [4.69, 9.17) is 0 Å². The van der Waals surface area contributed by atoms with Crippen LogP contribution in [0.25, 0.3) is 21.8 Å². The maximum atomic E-state index is 13.0. The van der Waals surface area contributed by atoms with Gasteiger partial charge < -0.3 is 20.5 Å². The van der Waals surface area contributed by atoms with E-state index in [1.165, 1.54) is 0 Å². The molecule has 1 heterocycles. The molecule has 0 saturated heterocycles. The summed E-state index contributed by atoms with van der Waals surface area (Å²) in [5.41, 5.74) is 4.62. The summed E-state index contributed by atoms with van der Waals surface area (Å²) in [6, 6.07) is 29.2. The molecule has 0 atom stereocenters. The van der Waals surface area contributed by atoms with E-state index in [2.05, 4.69) is 16.0 Å². The predicted molar refractivity (Wildman–Crippen MR) is 148 cm³/mol. The summed E-state index contributed by atoms with van der Waals surface area (Å²) in [7, 11) is 0. The van der Waals surface area contributed by atoms with E-state index in [1.807, 2.05) is 90.4 Å². The lowest BCUT2D eigenvalue weighted by atomic mass is 10.1. The van der Waals surface area contributed by atoms with Gasteiger partial charge in [0.1, 0.15) is 6.54 Å². The van der Waals surface area contributed by atoms with Crippen molar-refractivity contribution in [3.05, 3.63) is 118 Å². The van der Waals surface area contributed by atoms with Gasteiger partial charge in [-0.15, -0.1) is 0 Å². The first kappa shape index (κ1) is 23.8. The van der Waals surface area contributed by atoms with Gasteiger partial charge in [-0.3, -0.25) is 9.59 Å². The van der Waals surface area contributed by atoms with E-state index in [0.29, 0.717) is 39.7 Å². The van der Waals surface area contributed by atoms with Gasteiger partial charge in [0.15, 0.2) is 5.43 Å². The smallest absolute Gasteiger partial charge is 0.323 e. The van der Waals surface area contributed by atoms with Crippen LogP contribution in [0.1, 0.15) is 11.1 Å². The van der Waals surface area contributed by atoms with Crippen molar-refractivity contribution in [1.29, 1.82) is 0 Å². The zero-order chi connectivity index (χ0) is 25.8. The number of para-hydroxylation sites is 2. The van der Waals surface area contributed by atoms with E-state index in [1.54, 1.807) is 18.2 Å². The Kier molecular flexibility index (Phi) is 6.68. The maximum absolute atomic E-state index is 13.0. The monoisotopic (exact) mass is 490 g/mol. The molecule has 37 heavy (non-hydrogen) atoms. The number of hydrogen-bond donors (Lipinski definition) is 3. The zero-order valence-electron chi connectivity index (χ0n) is 20.3. The van der Waals surface area contributed by atoms with E-state index >= 15 is 0 Å². The highest BCUT2D eigenvalue weighted by Gasteiger charge is 2.13. The van der Waals surface area contributed by atoms with Gasteiger partial charge in [-0.1, -0.05) is 48.5 Å². The molecule has 0 saturated carbocycles. The number of carbonyl (C=O) groups excluding carboxylic acids is 2. The van der Waals surface area contributed by atoms with E-state index < -0.39 is 0 Å². The van der Waals surface area contributed by atoms with Crippen molar-refractivity contribution in [3.63, 3.8) is 0 Å². The normalized spacial score (nSPS) is 10.8. The summed E-state index contributed by atoms with van der Waals surface area (Å²) in [5.74, 6) is -0.186. The van der Waals surface area contributed by atoms with Crippen LogP contribution < -0.4 is 21.4 Å². The molecule has 0 aliphatic carbocycles. The first-order valence-electron chi connectivity index (χ1n) is 12.0. The maximum Gasteiger partial charge on any atom is 0.323 e. The Morgan fingerprint density at radius 1 is 0.730 bits per heavy atom. The Bertz CT molecular complexity index is 1630. The number of carbonyl (C=O) groups is 2. The summed E-state index contributed by atoms with van der Waals surface area (Å²) in [6.45, 7) is 2.32. The molecule has 1 aromatic heterocycles. The van der Waals surface area contributed by atoms with Crippen LogP contribution in [-0.2, 0) is 17.9 Å². The molecule has 7 heteroatoms. The number of amides is 3. The van der Waals surface area contributed by atoms with Gasteiger partial charge in [-0.2, -0.15) is 0 Å². The fourth-order valence-electron chi connectivity index (χ4n) is 4.42. The van der Waals surface area contributed by atoms with Crippen molar-refractivity contribution in [3.8, 4) is 0 Å². The van der Waals surface area contributed by atoms with Crippen LogP contribution in [0.3, 0.4) is 0 Å². The number of aryl methyl sites for hydroxylation is 1. The van der Waals surface area contributed by atoms with Gasteiger partial charge in [0.2, 0.25) is 5.91 Å². The summed E-state index contributed by atoms with van der Waals surface area (Å²) in [4.78, 5) is 38.3. The number of nitrogens with one attached hydrogen (secondary N) is 3. The lowest BCUT2D eigenvalue weighted by molar-refractivity contribution is -0.121. The average Bonchev–Trinajstić information content (AvgIpc) is 2.90. The van der Waals surface area contributed by atoms with Crippen LogP contribution >= 0.6 is 0 Å². The molecule has 5 aromatic rings. The third kappa shape index (κ3) is 5.36. The molecular weight excluding hydrogens is 464 g/mol. The van der Waals surface area contributed by atoms with Crippen LogP contribution in [0.4, 0.5) is 16.2 Å². The topological polar surface area (TPSA) is 92.2 Å². The second-order valence-corrected chi connectivity index (χ2v) is 8.88. The number of benzene rings is 4. The largest absolute Gasteiger partial charge is 0.350 e. The molecule has 0 bridgehead atoms. The number of anilines is 2. The number of urea groups is 1. The van der Waals surface area contributed by atoms with Gasteiger partial charge in [0.05, 0.1) is 11.0 Å². The minimum Gasteiger partial charge on any atom is -0.350 e. The van der Waals surface area contributed by atoms with Crippen molar-refractivity contribution >= 4 is 45.1 Å². The Hall–Kier alpha value is -4.91. The van der Waals surface area contributed by atoms with E-state index in [0.717, 1.165) is 11.1 Å². The Morgan fingerprint density at radius 2 is 1.32 bits per heavy atom. The van der Waals surface area contributed by atoms with Crippen LogP contribution in [-0.4, -0.2) is 16.5 Å². The van der Waals surface area contributed by atoms with E-state index in [9.17, 15) is 14.4 Å². The second kappa shape index (κ2) is 10.4. The molecule has 0 aliphatic rings. The van der Waals surface area contributed by atoms with Crippen molar-refractivity contribution in [1.82, 2.24) is 9.88 Å². The number of nitrogens with zero attached hydrogens (tertiary/aromatic N) is 1. The Labute approximate surface area is 213 Å². The quantitative estimate of drug-likeness (QED) is 0.277. The highest BCUT2D eigenvalue weighted by molar-refractivity contribution is 6.00. The standard InChI is InChI=1S/C30H26N4O3/c1-20-8-6-10-22(16-20)32-30(37)33-23-11-7-9-21(17-23)18-31-28(35)19-34-26-14-4-2-12-24(26)29(36)25-13-3-5-15-27(25)34/h2-17H,18-19H2,1H3,(H,31,35)(H2,32,33,37). The Balaban J connectivity index is 1.27. The molecule has 0 aliphatic heterocycles. The molecule has 0 radical (unpaired) electrons. The average molecular weight is 491 g/mol. The third-order valence-electron chi connectivity index (χ3n) is 6.13. The molecule has 4 aromatic carbocycles. The van der Waals surface area contributed by atoms with Gasteiger partial charge in [-0.05, 0) is 66.6 Å². The van der Waals surface area contributed by atoms with Crippen molar-refractivity contribution in [2.75, 3.05) is 10.6 Å². The number of rotatable bonds is 6. The number of aromatic nitrogens is 1. The first-order valence-corrected chi connectivity index (χ1v) is 12.0. The van der Waals surface area contributed by atoms with Gasteiger partial charge in [0.25, 0.3) is 0 Å². The molecule has 184 valence electrons. The SMILES string of the molecule is Cc1cccc(NC(=O)Nc2cccc(CNC(=O)Cn3c4ccccc4c(=O)c4ccccc43)c2)c1. The lowest BCUT2D eigenvalue weighted by Crippen LogP contribution is -2.28. The minimum absolute atomic E-state index is 0.0430. The lowest BCUT2D eigenvalue weighted by Gasteiger charge is -2.15. The summed E-state index contributed by atoms with van der Waals surface area (Å²) >= 11 is 0. The fourth-order valence-corrected chi connectivity index (χ4v) is 4.42. The van der Waals surface area contributed by atoms with E-state index in [-0.39, 0.29) is 23.9 Å². The van der Waals surface area contributed by atoms with Crippen molar-refractivity contribution in [2.45, 2.75) is 20.0 Å². The summed E-state index contributed by atoms with van der Waals surface area (Å²) in [5, 5.41) is 9.76. The molecule has 0 unspecified atom stereocenters. The number of hydrogen-bond acceptors (Lipinski definition) is 3. The summed E-state index contributed by atoms with van der Waals surface area (Å²) in [6.07, 6.45) is 0.